The van der Waals surface area contributed by atoms with Gasteiger partial charge in [0.25, 0.3) is 0 Å². The Morgan fingerprint density at radius 2 is 1.50 bits per heavy atom. The van der Waals surface area contributed by atoms with E-state index in [1.807, 2.05) is 6.07 Å². The fourth-order valence-corrected chi connectivity index (χ4v) is 4.63. The van der Waals surface area contributed by atoms with Gasteiger partial charge in [-0.25, -0.2) is 0 Å². The summed E-state index contributed by atoms with van der Waals surface area (Å²) in [6, 6.07) is 6.46. The minimum atomic E-state index is 0.226. The van der Waals surface area contributed by atoms with Gasteiger partial charge >= 0.3 is 0 Å². The Morgan fingerprint density at radius 1 is 0.786 bits per heavy atom. The zero-order chi connectivity index (χ0) is 19.8. The van der Waals surface area contributed by atoms with E-state index in [1.165, 1.54) is 22.3 Å². The summed E-state index contributed by atoms with van der Waals surface area (Å²) in [5.74, 6) is 3.76. The van der Waals surface area contributed by atoms with Crippen LogP contribution in [-0.4, -0.2) is 47.0 Å². The van der Waals surface area contributed by atoms with E-state index in [-0.39, 0.29) is 6.04 Å². The van der Waals surface area contributed by atoms with Crippen LogP contribution in [0.4, 0.5) is 0 Å². The van der Waals surface area contributed by atoms with Gasteiger partial charge in [0.15, 0.2) is 23.0 Å². The van der Waals surface area contributed by atoms with Gasteiger partial charge in [-0.05, 0) is 36.1 Å². The lowest BCUT2D eigenvalue weighted by Gasteiger charge is -2.42. The van der Waals surface area contributed by atoms with E-state index < -0.39 is 0 Å². The summed E-state index contributed by atoms with van der Waals surface area (Å²) in [6.45, 7) is 1.79. The first-order chi connectivity index (χ1) is 13.7. The number of rotatable bonds is 5. The maximum Gasteiger partial charge on any atom is 0.203 e. The molecule has 0 saturated heterocycles. The monoisotopic (exact) mass is 385 g/mol. The smallest absolute Gasteiger partial charge is 0.203 e. The van der Waals surface area contributed by atoms with Crippen LogP contribution in [0, 0.1) is 0 Å². The molecule has 2 aromatic rings. The average molecular weight is 385 g/mol. The minimum Gasteiger partial charge on any atom is -0.493 e. The Balaban J connectivity index is 1.83. The summed E-state index contributed by atoms with van der Waals surface area (Å²) in [5.41, 5.74) is 4.95. The Labute approximate surface area is 165 Å². The molecule has 150 valence electrons. The van der Waals surface area contributed by atoms with Crippen molar-refractivity contribution in [1.82, 2.24) is 4.90 Å². The number of fused-ring (bicyclic) bond motifs is 4. The molecular formula is C22H27NO5. The summed E-state index contributed by atoms with van der Waals surface area (Å²) < 4.78 is 28.2. The third kappa shape index (κ3) is 2.75. The van der Waals surface area contributed by atoms with Gasteiger partial charge in [-0.2, -0.15) is 0 Å². The fraction of sp³-hybridized carbons (Fsp3) is 0.455. The summed E-state index contributed by atoms with van der Waals surface area (Å²) in [4.78, 5) is 2.49. The van der Waals surface area contributed by atoms with Crippen molar-refractivity contribution in [1.29, 1.82) is 0 Å². The van der Waals surface area contributed by atoms with Crippen LogP contribution < -0.4 is 23.7 Å². The molecule has 0 N–H and O–H groups in total. The Kier molecular flexibility index (Phi) is 4.98. The minimum absolute atomic E-state index is 0.226. The molecule has 0 spiro atoms. The van der Waals surface area contributed by atoms with Crippen LogP contribution in [0.1, 0.15) is 28.3 Å². The van der Waals surface area contributed by atoms with Crippen LogP contribution in [0.3, 0.4) is 0 Å². The Hall–Kier alpha value is -2.60. The molecule has 2 aliphatic heterocycles. The predicted octanol–water partition coefficient (Wildman–Crippen LogP) is 3.39. The lowest BCUT2D eigenvalue weighted by molar-refractivity contribution is 0.153. The molecule has 0 saturated carbocycles. The molecule has 6 heteroatoms. The topological polar surface area (TPSA) is 49.4 Å². The van der Waals surface area contributed by atoms with Crippen molar-refractivity contribution in [3.63, 3.8) is 0 Å². The molecule has 6 nitrogen and oxygen atoms in total. The highest BCUT2D eigenvalue weighted by Gasteiger charge is 2.37. The lowest BCUT2D eigenvalue weighted by atomic mass is 9.83. The number of hydrogen-bond acceptors (Lipinski definition) is 6. The molecule has 28 heavy (non-hydrogen) atoms. The van der Waals surface area contributed by atoms with Gasteiger partial charge in [-0.1, -0.05) is 6.07 Å². The van der Waals surface area contributed by atoms with Gasteiger partial charge in [0, 0.05) is 30.3 Å². The summed E-state index contributed by atoms with van der Waals surface area (Å²) >= 11 is 0. The predicted molar refractivity (Wildman–Crippen MR) is 106 cm³/mol. The highest BCUT2D eigenvalue weighted by molar-refractivity contribution is 5.62. The second kappa shape index (κ2) is 7.43. The molecule has 0 amide bonds. The normalized spacial score (nSPS) is 17.8. The van der Waals surface area contributed by atoms with Crippen LogP contribution in [0.5, 0.6) is 28.7 Å². The van der Waals surface area contributed by atoms with Gasteiger partial charge in [0.2, 0.25) is 5.75 Å². The van der Waals surface area contributed by atoms with Crippen molar-refractivity contribution >= 4 is 0 Å². The third-order valence-corrected chi connectivity index (χ3v) is 5.92. The van der Waals surface area contributed by atoms with Crippen molar-refractivity contribution < 1.29 is 23.7 Å². The molecule has 0 fully saturated rings. The second-order valence-electron chi connectivity index (χ2n) is 7.10. The molecule has 2 aromatic carbocycles. The van der Waals surface area contributed by atoms with Crippen LogP contribution in [-0.2, 0) is 19.4 Å². The lowest BCUT2D eigenvalue weighted by Crippen LogP contribution is -2.39. The first-order valence-electron chi connectivity index (χ1n) is 9.45. The molecule has 2 aliphatic rings. The SMILES string of the molecule is COc1ccc2c(c1OC)CN1CCc3cc(OC)c(OC)c(OC)c3[C@@H]1C2. The number of benzene rings is 2. The average Bonchev–Trinajstić information content (AvgIpc) is 2.74. The molecule has 2 heterocycles. The molecule has 0 bridgehead atoms. The summed E-state index contributed by atoms with van der Waals surface area (Å²) in [5, 5.41) is 0. The molecule has 0 unspecified atom stereocenters. The molecule has 0 aromatic heterocycles. The van der Waals surface area contributed by atoms with Crippen molar-refractivity contribution in [2.75, 3.05) is 42.1 Å². The third-order valence-electron chi connectivity index (χ3n) is 5.92. The van der Waals surface area contributed by atoms with Crippen LogP contribution in [0.2, 0.25) is 0 Å². The second-order valence-corrected chi connectivity index (χ2v) is 7.10. The number of nitrogens with zero attached hydrogens (tertiary/aromatic N) is 1. The molecule has 0 aliphatic carbocycles. The largest absolute Gasteiger partial charge is 0.493 e. The highest BCUT2D eigenvalue weighted by Crippen LogP contribution is 2.51. The van der Waals surface area contributed by atoms with Crippen molar-refractivity contribution in [2.45, 2.75) is 25.4 Å². The van der Waals surface area contributed by atoms with E-state index in [1.54, 1.807) is 35.5 Å². The first kappa shape index (κ1) is 18.7. The molecular weight excluding hydrogens is 358 g/mol. The van der Waals surface area contributed by atoms with E-state index in [0.717, 1.165) is 43.2 Å². The van der Waals surface area contributed by atoms with Gasteiger partial charge in [-0.3, -0.25) is 4.90 Å². The standard InChI is InChI=1S/C22H27NO5/c1-24-17-7-6-13-10-16-19-14(8-9-23(16)12-15(13)20(17)26-3)11-18(25-2)21(27-4)22(19)28-5/h6-7,11,16H,8-10,12H2,1-5H3/t16-/m0/s1. The van der Waals surface area contributed by atoms with E-state index in [2.05, 4.69) is 17.0 Å². The van der Waals surface area contributed by atoms with E-state index in [0.29, 0.717) is 11.5 Å². The van der Waals surface area contributed by atoms with Gasteiger partial charge in [0.05, 0.1) is 35.5 Å². The molecule has 1 atom stereocenters. The first-order valence-corrected chi connectivity index (χ1v) is 9.45. The quantitative estimate of drug-likeness (QED) is 0.786. The number of methoxy groups -OCH3 is 5. The Morgan fingerprint density at radius 3 is 2.14 bits per heavy atom. The van der Waals surface area contributed by atoms with Crippen molar-refractivity contribution in [3.8, 4) is 28.7 Å². The highest BCUT2D eigenvalue weighted by atomic mass is 16.5. The van der Waals surface area contributed by atoms with Crippen LogP contribution in [0.15, 0.2) is 18.2 Å². The number of hydrogen-bond donors (Lipinski definition) is 0. The zero-order valence-electron chi connectivity index (χ0n) is 17.1. The zero-order valence-corrected chi connectivity index (χ0v) is 17.1. The maximum absolute atomic E-state index is 5.82. The van der Waals surface area contributed by atoms with Crippen LogP contribution >= 0.6 is 0 Å². The van der Waals surface area contributed by atoms with Gasteiger partial charge < -0.3 is 23.7 Å². The van der Waals surface area contributed by atoms with E-state index in [4.69, 9.17) is 23.7 Å². The summed E-state index contributed by atoms with van der Waals surface area (Å²) in [7, 11) is 8.39. The van der Waals surface area contributed by atoms with Crippen LogP contribution in [0.25, 0.3) is 0 Å². The number of ether oxygens (including phenoxy) is 5. The molecule has 0 radical (unpaired) electrons. The van der Waals surface area contributed by atoms with E-state index >= 15 is 0 Å². The van der Waals surface area contributed by atoms with Gasteiger partial charge in [0.1, 0.15) is 0 Å². The summed E-state index contributed by atoms with van der Waals surface area (Å²) in [6.07, 6.45) is 1.82. The van der Waals surface area contributed by atoms with Crippen molar-refractivity contribution in [3.05, 3.63) is 40.5 Å². The van der Waals surface area contributed by atoms with Crippen molar-refractivity contribution in [2.24, 2.45) is 0 Å². The van der Waals surface area contributed by atoms with E-state index in [9.17, 15) is 0 Å². The maximum atomic E-state index is 5.82. The Bertz CT molecular complexity index is 895. The fourth-order valence-electron chi connectivity index (χ4n) is 4.63. The molecule has 4 rings (SSSR count). The van der Waals surface area contributed by atoms with Gasteiger partial charge in [-0.15, -0.1) is 0 Å².